The van der Waals surface area contributed by atoms with Crippen molar-refractivity contribution < 1.29 is 17.9 Å². The molecule has 31 heavy (non-hydrogen) atoms. The predicted octanol–water partition coefficient (Wildman–Crippen LogP) is 5.89. The van der Waals surface area contributed by atoms with Crippen LogP contribution in [0.15, 0.2) is 54.7 Å². The summed E-state index contributed by atoms with van der Waals surface area (Å²) in [5.41, 5.74) is 0.432. The Morgan fingerprint density at radius 3 is 2.19 bits per heavy atom. The van der Waals surface area contributed by atoms with E-state index < -0.39 is 11.7 Å². The molecular weight excluding hydrogens is 407 g/mol. The molecule has 9 heteroatoms. The molecule has 0 unspecified atom stereocenters. The maximum absolute atomic E-state index is 13.4. The van der Waals surface area contributed by atoms with Gasteiger partial charge in [0.15, 0.2) is 0 Å². The topological polar surface area (TPSA) is 82.9 Å². The van der Waals surface area contributed by atoms with Crippen LogP contribution in [0.4, 0.5) is 36.3 Å². The Balaban J connectivity index is 1.82. The van der Waals surface area contributed by atoms with Crippen LogP contribution in [0.5, 0.6) is 5.75 Å². The van der Waals surface area contributed by atoms with E-state index in [9.17, 15) is 13.2 Å². The lowest BCUT2D eigenvalue weighted by atomic mass is 10.2. The number of hydrogen-bond acceptors (Lipinski definition) is 6. The van der Waals surface area contributed by atoms with Crippen molar-refractivity contribution in [1.29, 1.82) is 5.26 Å². The molecule has 0 bridgehead atoms. The van der Waals surface area contributed by atoms with Crippen LogP contribution < -0.4 is 15.4 Å². The molecule has 3 aromatic rings. The number of nitrogens with zero attached hydrogens (tertiary/aromatic N) is 3. The van der Waals surface area contributed by atoms with Gasteiger partial charge in [0.1, 0.15) is 17.1 Å². The van der Waals surface area contributed by atoms with E-state index in [0.717, 1.165) is 6.20 Å². The zero-order valence-corrected chi connectivity index (χ0v) is 16.9. The second-order valence-electron chi connectivity index (χ2n) is 7.12. The van der Waals surface area contributed by atoms with Gasteiger partial charge < -0.3 is 15.4 Å². The zero-order chi connectivity index (χ0) is 22.4. The number of alkyl halides is 3. The van der Waals surface area contributed by atoms with Crippen molar-refractivity contribution in [3.05, 3.63) is 65.9 Å². The van der Waals surface area contributed by atoms with E-state index in [1.54, 1.807) is 48.5 Å². The van der Waals surface area contributed by atoms with E-state index in [0.29, 0.717) is 35.2 Å². The van der Waals surface area contributed by atoms with Crippen LogP contribution >= 0.6 is 0 Å². The molecule has 0 spiro atoms. The Morgan fingerprint density at radius 1 is 1.00 bits per heavy atom. The number of aromatic nitrogens is 2. The zero-order valence-electron chi connectivity index (χ0n) is 16.9. The van der Waals surface area contributed by atoms with Crippen LogP contribution in [0.3, 0.4) is 0 Å². The molecule has 0 radical (unpaired) electrons. The van der Waals surface area contributed by atoms with Crippen molar-refractivity contribution in [3.63, 3.8) is 0 Å². The van der Waals surface area contributed by atoms with Crippen LogP contribution in [0.25, 0.3) is 0 Å². The monoisotopic (exact) mass is 427 g/mol. The highest BCUT2D eigenvalue weighted by molar-refractivity contribution is 5.63. The molecular formula is C22H20F3N5O. The summed E-state index contributed by atoms with van der Waals surface area (Å²) in [7, 11) is 0. The van der Waals surface area contributed by atoms with Crippen molar-refractivity contribution in [2.45, 2.75) is 20.0 Å². The van der Waals surface area contributed by atoms with E-state index in [1.807, 2.05) is 19.9 Å². The van der Waals surface area contributed by atoms with E-state index in [4.69, 9.17) is 10.00 Å². The minimum Gasteiger partial charge on any atom is -0.493 e. The van der Waals surface area contributed by atoms with Gasteiger partial charge in [-0.05, 0) is 54.4 Å². The average Bonchev–Trinajstić information content (AvgIpc) is 2.73. The molecule has 0 aliphatic rings. The van der Waals surface area contributed by atoms with E-state index in [1.165, 1.54) is 0 Å². The van der Waals surface area contributed by atoms with Crippen LogP contribution in [-0.4, -0.2) is 16.6 Å². The molecule has 2 N–H and O–H groups in total. The number of nitriles is 1. The fraction of sp³-hybridized carbons (Fsp3) is 0.227. The Kier molecular flexibility index (Phi) is 6.60. The minimum atomic E-state index is -4.63. The van der Waals surface area contributed by atoms with Gasteiger partial charge in [0, 0.05) is 17.6 Å². The summed E-state index contributed by atoms with van der Waals surface area (Å²) in [5, 5.41) is 14.4. The lowest BCUT2D eigenvalue weighted by molar-refractivity contribution is -0.137. The second kappa shape index (κ2) is 9.34. The number of benzene rings is 2. The highest BCUT2D eigenvalue weighted by Gasteiger charge is 2.35. The average molecular weight is 427 g/mol. The highest BCUT2D eigenvalue weighted by atomic mass is 19.4. The first-order valence-electron chi connectivity index (χ1n) is 9.46. The van der Waals surface area contributed by atoms with Crippen molar-refractivity contribution in [2.75, 3.05) is 17.2 Å². The molecule has 2 aromatic carbocycles. The fourth-order valence-electron chi connectivity index (χ4n) is 2.54. The first-order chi connectivity index (χ1) is 14.7. The molecule has 0 aliphatic carbocycles. The summed E-state index contributed by atoms with van der Waals surface area (Å²) in [6.45, 7) is 4.59. The Hall–Kier alpha value is -3.80. The van der Waals surface area contributed by atoms with Crippen molar-refractivity contribution in [3.8, 4) is 11.8 Å². The number of rotatable bonds is 7. The van der Waals surface area contributed by atoms with Gasteiger partial charge >= 0.3 is 6.18 Å². The summed E-state index contributed by atoms with van der Waals surface area (Å²) >= 11 is 0. The van der Waals surface area contributed by atoms with Crippen LogP contribution in [0.1, 0.15) is 25.0 Å². The van der Waals surface area contributed by atoms with Gasteiger partial charge in [0.25, 0.3) is 0 Å². The molecule has 0 saturated heterocycles. The largest absolute Gasteiger partial charge is 0.493 e. The molecule has 160 valence electrons. The number of nitrogens with one attached hydrogen (secondary N) is 2. The molecule has 3 rings (SSSR count). The summed E-state index contributed by atoms with van der Waals surface area (Å²) in [5.74, 6) is 0.586. The van der Waals surface area contributed by atoms with Crippen LogP contribution in [-0.2, 0) is 6.18 Å². The third kappa shape index (κ3) is 6.09. The lowest BCUT2D eigenvalue weighted by Crippen LogP contribution is -2.12. The van der Waals surface area contributed by atoms with Gasteiger partial charge in [-0.2, -0.15) is 23.4 Å². The Bertz CT molecular complexity index is 1060. The number of ether oxygens (including phenoxy) is 1. The van der Waals surface area contributed by atoms with Crippen molar-refractivity contribution in [2.24, 2.45) is 5.92 Å². The predicted molar refractivity (Wildman–Crippen MR) is 112 cm³/mol. The molecule has 6 nitrogen and oxygen atoms in total. The maximum atomic E-state index is 13.4. The minimum absolute atomic E-state index is 0.0166. The maximum Gasteiger partial charge on any atom is 0.421 e. The number of hydrogen-bond donors (Lipinski definition) is 2. The molecule has 0 amide bonds. The third-order valence-corrected chi connectivity index (χ3v) is 4.06. The number of anilines is 4. The Morgan fingerprint density at radius 2 is 1.61 bits per heavy atom. The Labute approximate surface area is 177 Å². The van der Waals surface area contributed by atoms with Gasteiger partial charge in [0.2, 0.25) is 5.95 Å². The van der Waals surface area contributed by atoms with E-state index in [2.05, 4.69) is 20.6 Å². The normalized spacial score (nSPS) is 11.1. The molecule has 0 atom stereocenters. The van der Waals surface area contributed by atoms with Gasteiger partial charge in [0.05, 0.1) is 18.2 Å². The SMILES string of the molecule is CC(C)COc1ccc(Nc2nc(Nc3ccc(C#N)cc3)ncc2C(F)(F)F)cc1. The van der Waals surface area contributed by atoms with Gasteiger partial charge in [-0.1, -0.05) is 13.8 Å². The first kappa shape index (κ1) is 21.9. The molecule has 0 saturated carbocycles. The summed E-state index contributed by atoms with van der Waals surface area (Å²) in [6, 6.07) is 15.0. The number of halogens is 3. The van der Waals surface area contributed by atoms with Crippen molar-refractivity contribution in [1.82, 2.24) is 9.97 Å². The molecule has 1 heterocycles. The standard InChI is InChI=1S/C22H20F3N5O/c1-14(2)13-31-18-9-7-16(8-10-18)28-20-19(22(23,24)25)12-27-21(30-20)29-17-5-3-15(11-26)4-6-17/h3-10,12,14H,13H2,1-2H3,(H2,27,28,29,30). The van der Waals surface area contributed by atoms with Gasteiger partial charge in [-0.25, -0.2) is 4.98 Å². The smallest absolute Gasteiger partial charge is 0.421 e. The molecule has 0 fully saturated rings. The fourth-order valence-corrected chi connectivity index (χ4v) is 2.54. The lowest BCUT2D eigenvalue weighted by Gasteiger charge is -2.15. The van der Waals surface area contributed by atoms with Crippen molar-refractivity contribution >= 4 is 23.1 Å². The van der Waals surface area contributed by atoms with E-state index in [-0.39, 0.29) is 11.8 Å². The molecule has 1 aromatic heterocycles. The van der Waals surface area contributed by atoms with Gasteiger partial charge in [-0.15, -0.1) is 0 Å². The summed E-state index contributed by atoms with van der Waals surface area (Å²) in [4.78, 5) is 7.78. The molecule has 0 aliphatic heterocycles. The first-order valence-corrected chi connectivity index (χ1v) is 9.46. The van der Waals surface area contributed by atoms with Gasteiger partial charge in [-0.3, -0.25) is 0 Å². The summed E-state index contributed by atoms with van der Waals surface area (Å²) < 4.78 is 45.9. The van der Waals surface area contributed by atoms with Crippen LogP contribution in [0, 0.1) is 17.2 Å². The second-order valence-corrected chi connectivity index (χ2v) is 7.12. The third-order valence-electron chi connectivity index (χ3n) is 4.06. The summed E-state index contributed by atoms with van der Waals surface area (Å²) in [6.07, 6.45) is -3.91. The highest BCUT2D eigenvalue weighted by Crippen LogP contribution is 2.35. The quantitative estimate of drug-likeness (QED) is 0.489. The van der Waals surface area contributed by atoms with Crippen LogP contribution in [0.2, 0.25) is 0 Å². The van der Waals surface area contributed by atoms with E-state index >= 15 is 0 Å².